The monoisotopic (exact) mass is 284 g/mol. The van der Waals surface area contributed by atoms with Crippen molar-refractivity contribution in [1.82, 2.24) is 0 Å². The van der Waals surface area contributed by atoms with Gasteiger partial charge in [0.05, 0.1) is 18.6 Å². The second-order valence-corrected chi connectivity index (χ2v) is 5.06. The highest BCUT2D eigenvalue weighted by molar-refractivity contribution is 9.10. The van der Waals surface area contributed by atoms with E-state index in [4.69, 9.17) is 14.2 Å². The summed E-state index contributed by atoms with van der Waals surface area (Å²) < 4.78 is 18.0. The van der Waals surface area contributed by atoms with Gasteiger partial charge in [-0.15, -0.1) is 0 Å². The Morgan fingerprint density at radius 3 is 3.12 bits per heavy atom. The lowest BCUT2D eigenvalue weighted by Crippen LogP contribution is -2.33. The molecule has 1 fully saturated rings. The number of halogens is 1. The molecule has 3 nitrogen and oxygen atoms in total. The molecular weight excluding hydrogens is 272 g/mol. The first kappa shape index (κ1) is 10.6. The van der Waals surface area contributed by atoms with E-state index in [0.717, 1.165) is 28.8 Å². The van der Waals surface area contributed by atoms with Crippen LogP contribution in [0.5, 0.6) is 5.75 Å². The number of hydrogen-bond donors (Lipinski definition) is 0. The van der Waals surface area contributed by atoms with Gasteiger partial charge in [-0.1, -0.05) is 15.9 Å². The maximum absolute atomic E-state index is 5.82. The minimum atomic E-state index is -0.140. The third-order valence-electron chi connectivity index (χ3n) is 3.25. The summed E-state index contributed by atoms with van der Waals surface area (Å²) >= 11 is 3.48. The zero-order chi connectivity index (χ0) is 11.1. The van der Waals surface area contributed by atoms with Gasteiger partial charge in [-0.3, -0.25) is 0 Å². The minimum absolute atomic E-state index is 0.0775. The number of hydrogen-bond acceptors (Lipinski definition) is 3. The summed E-state index contributed by atoms with van der Waals surface area (Å²) in [6.45, 7) is 0.754. The van der Waals surface area contributed by atoms with Crippen molar-refractivity contribution in [2.75, 3.05) is 13.7 Å². The van der Waals surface area contributed by atoms with Gasteiger partial charge in [0.15, 0.2) is 0 Å². The van der Waals surface area contributed by atoms with Crippen molar-refractivity contribution in [2.45, 2.75) is 18.8 Å². The molecule has 0 aromatic heterocycles. The maximum Gasteiger partial charge on any atom is 0.205 e. The van der Waals surface area contributed by atoms with Crippen LogP contribution in [0.25, 0.3) is 0 Å². The molecule has 0 radical (unpaired) electrons. The molecule has 0 unspecified atom stereocenters. The van der Waals surface area contributed by atoms with Crippen LogP contribution >= 0.6 is 15.9 Å². The third kappa shape index (κ3) is 1.56. The van der Waals surface area contributed by atoms with Gasteiger partial charge < -0.3 is 14.2 Å². The average molecular weight is 285 g/mol. The lowest BCUT2D eigenvalue weighted by molar-refractivity contribution is -0.112. The molecule has 16 heavy (non-hydrogen) atoms. The van der Waals surface area contributed by atoms with Crippen LogP contribution in [-0.4, -0.2) is 20.0 Å². The Kier molecular flexibility index (Phi) is 2.65. The van der Waals surface area contributed by atoms with Crippen LogP contribution in [0, 0.1) is 5.92 Å². The summed E-state index contributed by atoms with van der Waals surface area (Å²) in [4.78, 5) is 0. The Morgan fingerprint density at radius 2 is 2.31 bits per heavy atom. The van der Waals surface area contributed by atoms with Crippen LogP contribution in [0.3, 0.4) is 0 Å². The van der Waals surface area contributed by atoms with Gasteiger partial charge >= 0.3 is 0 Å². The largest absolute Gasteiger partial charge is 0.464 e. The van der Waals surface area contributed by atoms with Gasteiger partial charge in [-0.25, -0.2) is 0 Å². The van der Waals surface area contributed by atoms with Crippen LogP contribution in [0.15, 0.2) is 22.7 Å². The van der Waals surface area contributed by atoms with E-state index in [1.165, 1.54) is 0 Å². The van der Waals surface area contributed by atoms with Crippen molar-refractivity contribution in [2.24, 2.45) is 5.92 Å². The smallest absolute Gasteiger partial charge is 0.205 e. The predicted molar refractivity (Wildman–Crippen MR) is 62.4 cm³/mol. The molecule has 3 rings (SSSR count). The molecule has 1 saturated heterocycles. The molecular formula is C12H13BrO3. The number of rotatable bonds is 1. The normalized spacial score (nSPS) is 31.8. The average Bonchev–Trinajstić information content (AvgIpc) is 2.73. The Balaban J connectivity index is 2.05. The first-order chi connectivity index (χ1) is 7.79. The first-order valence-corrected chi connectivity index (χ1v) is 6.19. The quantitative estimate of drug-likeness (QED) is 0.794. The predicted octanol–water partition coefficient (Wildman–Crippen LogP) is 2.89. The Bertz CT molecular complexity index is 407. The number of benzene rings is 1. The van der Waals surface area contributed by atoms with E-state index >= 15 is 0 Å². The molecule has 0 amide bonds. The Hall–Kier alpha value is -0.580. The fourth-order valence-corrected chi connectivity index (χ4v) is 2.88. The van der Waals surface area contributed by atoms with Gasteiger partial charge in [-0.05, 0) is 24.6 Å². The molecule has 2 aliphatic heterocycles. The fraction of sp³-hybridized carbons (Fsp3) is 0.500. The van der Waals surface area contributed by atoms with Crippen molar-refractivity contribution in [3.05, 3.63) is 28.2 Å². The summed E-state index contributed by atoms with van der Waals surface area (Å²) in [5, 5.41) is 0. The molecule has 3 atom stereocenters. The lowest BCUT2D eigenvalue weighted by atomic mass is 9.91. The topological polar surface area (TPSA) is 27.7 Å². The summed E-state index contributed by atoms with van der Waals surface area (Å²) in [6, 6.07) is 6.00. The molecule has 1 aromatic rings. The SMILES string of the molecule is CO[C@H]1c2cc(Br)ccc2O[C@H]2OCC[C@H]21. The summed E-state index contributed by atoms with van der Waals surface area (Å²) in [7, 11) is 1.75. The van der Waals surface area contributed by atoms with Gasteiger partial charge in [0.1, 0.15) is 5.75 Å². The van der Waals surface area contributed by atoms with Crippen molar-refractivity contribution >= 4 is 15.9 Å². The zero-order valence-corrected chi connectivity index (χ0v) is 10.6. The molecule has 1 aromatic carbocycles. The Morgan fingerprint density at radius 1 is 1.44 bits per heavy atom. The lowest BCUT2D eigenvalue weighted by Gasteiger charge is -2.33. The van der Waals surface area contributed by atoms with E-state index in [1.54, 1.807) is 7.11 Å². The molecule has 0 aliphatic carbocycles. The van der Waals surface area contributed by atoms with Crippen LogP contribution in [0.1, 0.15) is 18.1 Å². The van der Waals surface area contributed by atoms with E-state index in [2.05, 4.69) is 22.0 Å². The number of ether oxygens (including phenoxy) is 3. The van der Waals surface area contributed by atoms with E-state index in [0.29, 0.717) is 5.92 Å². The van der Waals surface area contributed by atoms with Crippen molar-refractivity contribution in [3.63, 3.8) is 0 Å². The van der Waals surface area contributed by atoms with Gasteiger partial charge in [0.2, 0.25) is 6.29 Å². The van der Waals surface area contributed by atoms with Crippen molar-refractivity contribution in [1.29, 1.82) is 0 Å². The van der Waals surface area contributed by atoms with E-state index in [-0.39, 0.29) is 12.4 Å². The van der Waals surface area contributed by atoms with E-state index < -0.39 is 0 Å². The molecule has 4 heteroatoms. The second kappa shape index (κ2) is 4.02. The van der Waals surface area contributed by atoms with Gasteiger partial charge in [0.25, 0.3) is 0 Å². The highest BCUT2D eigenvalue weighted by Crippen LogP contribution is 2.45. The van der Waals surface area contributed by atoms with Crippen LogP contribution < -0.4 is 4.74 Å². The van der Waals surface area contributed by atoms with Crippen molar-refractivity contribution in [3.8, 4) is 5.75 Å². The van der Waals surface area contributed by atoms with Gasteiger partial charge in [0, 0.05) is 17.1 Å². The first-order valence-electron chi connectivity index (χ1n) is 5.40. The van der Waals surface area contributed by atoms with Crippen LogP contribution in [0.2, 0.25) is 0 Å². The molecule has 0 N–H and O–H groups in total. The van der Waals surface area contributed by atoms with E-state index in [9.17, 15) is 0 Å². The number of methoxy groups -OCH3 is 1. The molecule has 86 valence electrons. The van der Waals surface area contributed by atoms with E-state index in [1.807, 2.05) is 12.1 Å². The maximum atomic E-state index is 5.82. The molecule has 0 bridgehead atoms. The third-order valence-corrected chi connectivity index (χ3v) is 3.74. The standard InChI is InChI=1S/C12H13BrO3/c1-14-11-8-4-5-15-12(8)16-10-3-2-7(13)6-9(10)11/h2-3,6,8,11-12H,4-5H2,1H3/t8-,11+,12+/m0/s1. The second-order valence-electron chi connectivity index (χ2n) is 4.15. The molecule has 0 spiro atoms. The highest BCUT2D eigenvalue weighted by atomic mass is 79.9. The Labute approximate surface area is 103 Å². The summed E-state index contributed by atoms with van der Waals surface area (Å²) in [5.74, 6) is 1.19. The fourth-order valence-electron chi connectivity index (χ4n) is 2.50. The minimum Gasteiger partial charge on any atom is -0.464 e. The number of fused-ring (bicyclic) bond motifs is 2. The van der Waals surface area contributed by atoms with Crippen LogP contribution in [0.4, 0.5) is 0 Å². The molecule has 2 heterocycles. The molecule has 0 saturated carbocycles. The molecule has 2 aliphatic rings. The van der Waals surface area contributed by atoms with Gasteiger partial charge in [-0.2, -0.15) is 0 Å². The zero-order valence-electron chi connectivity index (χ0n) is 8.98. The van der Waals surface area contributed by atoms with Crippen LogP contribution in [-0.2, 0) is 9.47 Å². The summed E-state index contributed by atoms with van der Waals surface area (Å²) in [6.07, 6.45) is 0.933. The summed E-state index contributed by atoms with van der Waals surface area (Å²) in [5.41, 5.74) is 1.11. The highest BCUT2D eigenvalue weighted by Gasteiger charge is 2.42. The van der Waals surface area contributed by atoms with Crippen molar-refractivity contribution < 1.29 is 14.2 Å².